The molecule has 0 unspecified atom stereocenters. The molecule has 1 aromatic rings. The fraction of sp³-hybridized carbons (Fsp3) is 0.333. The van der Waals surface area contributed by atoms with Gasteiger partial charge in [-0.15, -0.1) is 0 Å². The minimum absolute atomic E-state index is 0. The standard InChI is InChI=1S/C9H12ClNO.ClH/c1-11(2,3)8-6-4-5-7(10)9(8)12;/h4-6H,1-3H3;1H. The molecule has 0 atom stereocenters. The number of para-hydroxylation sites is 1. The maximum absolute atomic E-state index is 9.59. The molecule has 13 heavy (non-hydrogen) atoms. The average molecular weight is 222 g/mol. The summed E-state index contributed by atoms with van der Waals surface area (Å²) in [5.41, 5.74) is 0.822. The van der Waals surface area contributed by atoms with Crippen LogP contribution in [0.4, 0.5) is 5.69 Å². The molecule has 1 N–H and O–H groups in total. The molecule has 2 nitrogen and oxygen atoms in total. The van der Waals surface area contributed by atoms with Gasteiger partial charge in [0.15, 0.2) is 11.4 Å². The lowest BCUT2D eigenvalue weighted by molar-refractivity contribution is -0.00000372. The molecule has 0 bridgehead atoms. The monoisotopic (exact) mass is 221 g/mol. The van der Waals surface area contributed by atoms with Crippen LogP contribution in [-0.4, -0.2) is 26.2 Å². The Kier molecular flexibility index (Phi) is 4.04. The number of halogens is 2. The Morgan fingerprint density at radius 2 is 1.77 bits per heavy atom. The van der Waals surface area contributed by atoms with Gasteiger partial charge in [0, 0.05) is 6.07 Å². The third-order valence-electron chi connectivity index (χ3n) is 1.69. The van der Waals surface area contributed by atoms with Crippen molar-refractivity contribution in [2.24, 2.45) is 0 Å². The van der Waals surface area contributed by atoms with E-state index in [-0.39, 0.29) is 18.2 Å². The van der Waals surface area contributed by atoms with Gasteiger partial charge >= 0.3 is 0 Å². The van der Waals surface area contributed by atoms with Gasteiger partial charge in [-0.1, -0.05) is 17.7 Å². The number of hydrogen-bond donors (Lipinski definition) is 1. The molecule has 0 aliphatic heterocycles. The van der Waals surface area contributed by atoms with Gasteiger partial charge in [-0.2, -0.15) is 0 Å². The molecular formula is C9H13Cl2NO. The van der Waals surface area contributed by atoms with Crippen LogP contribution in [-0.2, 0) is 0 Å². The number of phenolic OH excluding ortho intramolecular Hbond substituents is 1. The number of aromatic hydroxyl groups is 1. The predicted octanol–water partition coefficient (Wildman–Crippen LogP) is -0.754. The fourth-order valence-electron chi connectivity index (χ4n) is 1.05. The molecule has 0 spiro atoms. The van der Waals surface area contributed by atoms with E-state index >= 15 is 0 Å². The van der Waals surface area contributed by atoms with E-state index in [1.807, 2.05) is 33.3 Å². The van der Waals surface area contributed by atoms with Crippen LogP contribution in [0.1, 0.15) is 0 Å². The summed E-state index contributed by atoms with van der Waals surface area (Å²) in [5, 5.41) is 9.99. The number of rotatable bonds is 1. The molecule has 0 saturated heterocycles. The molecule has 4 heteroatoms. The van der Waals surface area contributed by atoms with E-state index in [0.717, 1.165) is 5.69 Å². The van der Waals surface area contributed by atoms with Crippen LogP contribution in [0.25, 0.3) is 0 Å². The van der Waals surface area contributed by atoms with Crippen LogP contribution in [0.2, 0.25) is 5.02 Å². The smallest absolute Gasteiger partial charge is 0.196 e. The van der Waals surface area contributed by atoms with Crippen molar-refractivity contribution in [1.82, 2.24) is 4.48 Å². The van der Waals surface area contributed by atoms with Crippen molar-refractivity contribution in [1.29, 1.82) is 0 Å². The second kappa shape index (κ2) is 4.18. The minimum Gasteiger partial charge on any atom is -1.00 e. The SMILES string of the molecule is C[N+](C)(C)c1cccc(Cl)c1O.[Cl-]. The van der Waals surface area contributed by atoms with Crippen molar-refractivity contribution >= 4 is 17.3 Å². The third-order valence-corrected chi connectivity index (χ3v) is 1.99. The zero-order valence-electron chi connectivity index (χ0n) is 7.88. The molecule has 0 radical (unpaired) electrons. The lowest BCUT2D eigenvalue weighted by Gasteiger charge is -2.24. The van der Waals surface area contributed by atoms with E-state index in [2.05, 4.69) is 0 Å². The topological polar surface area (TPSA) is 20.2 Å². The molecule has 0 aliphatic carbocycles. The molecule has 74 valence electrons. The van der Waals surface area contributed by atoms with Crippen LogP contribution in [0.5, 0.6) is 5.75 Å². The Morgan fingerprint density at radius 3 is 2.15 bits per heavy atom. The Balaban J connectivity index is 0.00000144. The van der Waals surface area contributed by atoms with Crippen LogP contribution < -0.4 is 16.9 Å². The second-order valence-corrected chi connectivity index (χ2v) is 4.03. The summed E-state index contributed by atoms with van der Waals surface area (Å²) in [4.78, 5) is 0. The summed E-state index contributed by atoms with van der Waals surface area (Å²) in [6.45, 7) is 0. The summed E-state index contributed by atoms with van der Waals surface area (Å²) in [5.74, 6) is 0.173. The summed E-state index contributed by atoms with van der Waals surface area (Å²) in [6, 6.07) is 5.37. The normalized spacial score (nSPS) is 10.8. The number of hydrogen-bond acceptors (Lipinski definition) is 1. The summed E-state index contributed by atoms with van der Waals surface area (Å²) < 4.78 is 0.562. The molecule has 0 aromatic heterocycles. The molecule has 1 rings (SSSR count). The average Bonchev–Trinajstić information content (AvgIpc) is 1.92. The second-order valence-electron chi connectivity index (χ2n) is 3.62. The Hall–Kier alpha value is -0.440. The fourth-order valence-corrected chi connectivity index (χ4v) is 1.21. The largest absolute Gasteiger partial charge is 1.00 e. The summed E-state index contributed by atoms with van der Waals surface area (Å²) >= 11 is 5.76. The summed E-state index contributed by atoms with van der Waals surface area (Å²) in [7, 11) is 5.93. The van der Waals surface area contributed by atoms with Crippen LogP contribution >= 0.6 is 11.6 Å². The van der Waals surface area contributed by atoms with E-state index in [0.29, 0.717) is 9.51 Å². The maximum Gasteiger partial charge on any atom is 0.196 e. The highest BCUT2D eigenvalue weighted by Gasteiger charge is 2.18. The zero-order valence-corrected chi connectivity index (χ0v) is 9.39. The predicted molar refractivity (Wildman–Crippen MR) is 52.7 cm³/mol. The van der Waals surface area contributed by atoms with Crippen LogP contribution in [0, 0.1) is 0 Å². The van der Waals surface area contributed by atoms with E-state index in [9.17, 15) is 5.11 Å². The first-order chi connectivity index (χ1) is 5.43. The van der Waals surface area contributed by atoms with Gasteiger partial charge in [-0.25, -0.2) is 0 Å². The van der Waals surface area contributed by atoms with E-state index in [1.54, 1.807) is 6.07 Å². The van der Waals surface area contributed by atoms with Gasteiger partial charge < -0.3 is 17.5 Å². The molecule has 0 amide bonds. The van der Waals surface area contributed by atoms with Gasteiger partial charge in [0.25, 0.3) is 0 Å². The van der Waals surface area contributed by atoms with E-state index in [1.165, 1.54) is 0 Å². The number of nitrogens with zero attached hydrogens (tertiary/aromatic N) is 1. The third kappa shape index (κ3) is 2.76. The number of benzene rings is 1. The first kappa shape index (κ1) is 12.6. The first-order valence-corrected chi connectivity index (χ1v) is 4.10. The molecule has 0 heterocycles. The highest BCUT2D eigenvalue weighted by molar-refractivity contribution is 6.32. The molecule has 0 saturated carbocycles. The Labute approximate surface area is 89.7 Å². The van der Waals surface area contributed by atoms with Crippen molar-refractivity contribution in [2.45, 2.75) is 0 Å². The van der Waals surface area contributed by atoms with Crippen molar-refractivity contribution in [3.63, 3.8) is 0 Å². The van der Waals surface area contributed by atoms with Crippen molar-refractivity contribution < 1.29 is 17.5 Å². The molecule has 0 aliphatic rings. The van der Waals surface area contributed by atoms with Crippen molar-refractivity contribution in [2.75, 3.05) is 21.1 Å². The van der Waals surface area contributed by atoms with Crippen molar-refractivity contribution in [3.05, 3.63) is 23.2 Å². The zero-order chi connectivity index (χ0) is 9.35. The van der Waals surface area contributed by atoms with Gasteiger partial charge in [-0.3, -0.25) is 4.48 Å². The first-order valence-electron chi connectivity index (χ1n) is 3.72. The quantitative estimate of drug-likeness (QED) is 0.620. The van der Waals surface area contributed by atoms with E-state index in [4.69, 9.17) is 11.6 Å². The van der Waals surface area contributed by atoms with Crippen molar-refractivity contribution in [3.8, 4) is 5.75 Å². The lowest BCUT2D eigenvalue weighted by atomic mass is 10.2. The summed E-state index contributed by atoms with van der Waals surface area (Å²) in [6.07, 6.45) is 0. The van der Waals surface area contributed by atoms with Gasteiger partial charge in [0.05, 0.1) is 26.2 Å². The maximum atomic E-state index is 9.59. The Bertz CT molecular complexity index is 294. The molecule has 0 fully saturated rings. The van der Waals surface area contributed by atoms with Gasteiger partial charge in [-0.05, 0) is 6.07 Å². The number of phenols is 1. The van der Waals surface area contributed by atoms with Crippen LogP contribution in [0.15, 0.2) is 18.2 Å². The van der Waals surface area contributed by atoms with Gasteiger partial charge in [0.2, 0.25) is 0 Å². The highest BCUT2D eigenvalue weighted by atomic mass is 35.5. The number of quaternary nitrogens is 1. The molecular weight excluding hydrogens is 209 g/mol. The minimum atomic E-state index is 0. The van der Waals surface area contributed by atoms with E-state index < -0.39 is 0 Å². The Morgan fingerprint density at radius 1 is 1.23 bits per heavy atom. The molecule has 1 aromatic carbocycles. The highest BCUT2D eigenvalue weighted by Crippen LogP contribution is 2.35. The lowest BCUT2D eigenvalue weighted by Crippen LogP contribution is -3.00. The van der Waals surface area contributed by atoms with Gasteiger partial charge in [0.1, 0.15) is 0 Å². The van der Waals surface area contributed by atoms with Crippen LogP contribution in [0.3, 0.4) is 0 Å².